The zero-order valence-corrected chi connectivity index (χ0v) is 18.6. The number of likely N-dealkylation sites (tertiary alicyclic amines) is 1. The zero-order chi connectivity index (χ0) is 21.8. The minimum atomic E-state index is -0.106. The molecular formula is C24H33N5O2. The zero-order valence-electron chi connectivity index (χ0n) is 18.6. The molecule has 1 aliphatic rings. The number of amides is 1. The van der Waals surface area contributed by atoms with E-state index >= 15 is 0 Å². The van der Waals surface area contributed by atoms with Gasteiger partial charge in [0.25, 0.3) is 5.56 Å². The van der Waals surface area contributed by atoms with Crippen LogP contribution >= 0.6 is 0 Å². The first kappa shape index (κ1) is 21.6. The number of fused-ring (bicyclic) bond motifs is 3. The molecule has 0 spiro atoms. The number of para-hydroxylation sites is 1. The molecule has 1 aliphatic heterocycles. The molecule has 1 amide bonds. The fourth-order valence-corrected chi connectivity index (χ4v) is 4.78. The van der Waals surface area contributed by atoms with Crippen molar-refractivity contribution in [3.8, 4) is 0 Å². The van der Waals surface area contributed by atoms with E-state index in [2.05, 4.69) is 22.2 Å². The van der Waals surface area contributed by atoms with Gasteiger partial charge in [-0.3, -0.25) is 9.59 Å². The maximum absolute atomic E-state index is 12.7. The van der Waals surface area contributed by atoms with Crippen LogP contribution in [0, 0.1) is 5.92 Å². The smallest absolute Gasteiger partial charge is 0.291 e. The molecule has 1 aromatic carbocycles. The summed E-state index contributed by atoms with van der Waals surface area (Å²) in [6, 6.07) is 7.99. The Morgan fingerprint density at radius 1 is 1.19 bits per heavy atom. The van der Waals surface area contributed by atoms with Gasteiger partial charge in [-0.1, -0.05) is 25.1 Å². The van der Waals surface area contributed by atoms with E-state index in [0.29, 0.717) is 24.9 Å². The van der Waals surface area contributed by atoms with Gasteiger partial charge in [0.15, 0.2) is 0 Å². The van der Waals surface area contributed by atoms with E-state index in [0.717, 1.165) is 41.7 Å². The molecule has 7 nitrogen and oxygen atoms in total. The molecule has 1 atom stereocenters. The van der Waals surface area contributed by atoms with Gasteiger partial charge in [0.2, 0.25) is 5.91 Å². The standard InChI is InChI=1S/C24H33N5O2/c1-18-8-5-13-28(17-18)14-7-12-25-22(30)11-6-15-29-21-10-4-3-9-19(21)20-16-26-27(2)24(31)23(20)29/h3-4,9-10,16,18H,5-8,11-15,17H2,1-2H3,(H,25,30). The van der Waals surface area contributed by atoms with Gasteiger partial charge < -0.3 is 14.8 Å². The molecule has 1 unspecified atom stereocenters. The molecule has 2 aromatic heterocycles. The lowest BCUT2D eigenvalue weighted by molar-refractivity contribution is -0.121. The summed E-state index contributed by atoms with van der Waals surface area (Å²) in [4.78, 5) is 27.6. The Morgan fingerprint density at radius 2 is 2.03 bits per heavy atom. The van der Waals surface area contributed by atoms with Crippen LogP contribution in [0.2, 0.25) is 0 Å². The minimum absolute atomic E-state index is 0.0855. The highest BCUT2D eigenvalue weighted by atomic mass is 16.1. The molecule has 0 saturated carbocycles. The van der Waals surface area contributed by atoms with Crippen LogP contribution in [0.25, 0.3) is 21.8 Å². The minimum Gasteiger partial charge on any atom is -0.356 e. The third kappa shape index (κ3) is 4.82. The Hall–Kier alpha value is -2.67. The second-order valence-corrected chi connectivity index (χ2v) is 8.86. The summed E-state index contributed by atoms with van der Waals surface area (Å²) in [5.41, 5.74) is 1.57. The van der Waals surface area contributed by atoms with Crippen LogP contribution in [0.5, 0.6) is 0 Å². The van der Waals surface area contributed by atoms with Crippen LogP contribution in [0.15, 0.2) is 35.3 Å². The largest absolute Gasteiger partial charge is 0.356 e. The number of aryl methyl sites for hydroxylation is 2. The van der Waals surface area contributed by atoms with Crippen molar-refractivity contribution in [3.05, 3.63) is 40.8 Å². The number of aromatic nitrogens is 3. The summed E-state index contributed by atoms with van der Waals surface area (Å²) in [6.45, 7) is 7.10. The molecule has 7 heteroatoms. The van der Waals surface area contributed by atoms with Crippen molar-refractivity contribution < 1.29 is 4.79 Å². The van der Waals surface area contributed by atoms with Crippen molar-refractivity contribution in [2.24, 2.45) is 13.0 Å². The number of carbonyl (C=O) groups is 1. The Morgan fingerprint density at radius 3 is 2.87 bits per heavy atom. The molecule has 0 radical (unpaired) electrons. The summed E-state index contributed by atoms with van der Waals surface area (Å²) in [7, 11) is 1.67. The third-order valence-electron chi connectivity index (χ3n) is 6.37. The number of carbonyl (C=O) groups excluding carboxylic acids is 1. The van der Waals surface area contributed by atoms with E-state index in [-0.39, 0.29) is 11.5 Å². The van der Waals surface area contributed by atoms with E-state index in [4.69, 9.17) is 0 Å². The fraction of sp³-hybridized carbons (Fsp3) is 0.542. The van der Waals surface area contributed by atoms with Gasteiger partial charge in [-0.2, -0.15) is 5.10 Å². The summed E-state index contributed by atoms with van der Waals surface area (Å²) in [5.74, 6) is 0.874. The molecular weight excluding hydrogens is 390 g/mol. The number of nitrogens with zero attached hydrogens (tertiary/aromatic N) is 4. The lowest BCUT2D eigenvalue weighted by atomic mass is 10.0. The number of piperidine rings is 1. The maximum atomic E-state index is 12.7. The maximum Gasteiger partial charge on any atom is 0.291 e. The van der Waals surface area contributed by atoms with E-state index in [9.17, 15) is 9.59 Å². The molecule has 4 rings (SSSR count). The average Bonchev–Trinajstić information content (AvgIpc) is 3.08. The van der Waals surface area contributed by atoms with Crippen molar-refractivity contribution in [3.63, 3.8) is 0 Å². The van der Waals surface area contributed by atoms with Crippen LogP contribution in [0.4, 0.5) is 0 Å². The van der Waals surface area contributed by atoms with Crippen LogP contribution in [-0.2, 0) is 18.4 Å². The highest BCUT2D eigenvalue weighted by Crippen LogP contribution is 2.26. The highest BCUT2D eigenvalue weighted by molar-refractivity contribution is 6.07. The normalized spacial score (nSPS) is 17.4. The van der Waals surface area contributed by atoms with Crippen molar-refractivity contribution in [1.82, 2.24) is 24.6 Å². The molecule has 1 saturated heterocycles. The van der Waals surface area contributed by atoms with Gasteiger partial charge >= 0.3 is 0 Å². The molecule has 166 valence electrons. The lowest BCUT2D eigenvalue weighted by Crippen LogP contribution is -2.36. The van der Waals surface area contributed by atoms with Crippen molar-refractivity contribution >= 4 is 27.7 Å². The SMILES string of the molecule is CC1CCCN(CCCNC(=O)CCCn2c3ccccc3c3cnn(C)c(=O)c32)C1. The monoisotopic (exact) mass is 423 g/mol. The molecule has 1 fully saturated rings. The van der Waals surface area contributed by atoms with Crippen LogP contribution < -0.4 is 10.9 Å². The molecule has 3 heterocycles. The molecule has 3 aromatic rings. The second-order valence-electron chi connectivity index (χ2n) is 8.86. The summed E-state index contributed by atoms with van der Waals surface area (Å²) in [6.07, 6.45) is 6.52. The number of hydrogen-bond acceptors (Lipinski definition) is 4. The lowest BCUT2D eigenvalue weighted by Gasteiger charge is -2.30. The quantitative estimate of drug-likeness (QED) is 0.566. The third-order valence-corrected chi connectivity index (χ3v) is 6.37. The molecule has 1 N–H and O–H groups in total. The predicted octanol–water partition coefficient (Wildman–Crippen LogP) is 2.91. The Labute approximate surface area is 183 Å². The van der Waals surface area contributed by atoms with E-state index in [1.54, 1.807) is 13.2 Å². The van der Waals surface area contributed by atoms with Crippen LogP contribution in [0.1, 0.15) is 39.0 Å². The van der Waals surface area contributed by atoms with Crippen molar-refractivity contribution in [2.45, 2.75) is 45.6 Å². The molecule has 0 aliphatic carbocycles. The Balaban J connectivity index is 1.31. The van der Waals surface area contributed by atoms with Gasteiger partial charge in [-0.25, -0.2) is 4.68 Å². The Bertz CT molecular complexity index is 1120. The predicted molar refractivity (Wildman–Crippen MR) is 124 cm³/mol. The first-order chi connectivity index (χ1) is 15.0. The number of hydrogen-bond donors (Lipinski definition) is 1. The van der Waals surface area contributed by atoms with E-state index < -0.39 is 0 Å². The van der Waals surface area contributed by atoms with E-state index in [1.165, 1.54) is 30.6 Å². The Kier molecular flexibility index (Phi) is 6.70. The summed E-state index contributed by atoms with van der Waals surface area (Å²) >= 11 is 0. The topological polar surface area (TPSA) is 72.2 Å². The van der Waals surface area contributed by atoms with Crippen molar-refractivity contribution in [2.75, 3.05) is 26.2 Å². The van der Waals surface area contributed by atoms with E-state index in [1.807, 2.05) is 28.8 Å². The number of rotatable bonds is 8. The molecule has 31 heavy (non-hydrogen) atoms. The first-order valence-electron chi connectivity index (χ1n) is 11.5. The highest BCUT2D eigenvalue weighted by Gasteiger charge is 2.16. The van der Waals surface area contributed by atoms with Crippen LogP contribution in [0.3, 0.4) is 0 Å². The van der Waals surface area contributed by atoms with Crippen LogP contribution in [-0.4, -0.2) is 51.3 Å². The second kappa shape index (κ2) is 9.64. The van der Waals surface area contributed by atoms with Gasteiger partial charge in [0.05, 0.1) is 6.20 Å². The van der Waals surface area contributed by atoms with Gasteiger partial charge in [0, 0.05) is 49.4 Å². The van der Waals surface area contributed by atoms with Gasteiger partial charge in [-0.15, -0.1) is 0 Å². The summed E-state index contributed by atoms with van der Waals surface area (Å²) < 4.78 is 3.41. The number of benzene rings is 1. The van der Waals surface area contributed by atoms with Crippen molar-refractivity contribution in [1.29, 1.82) is 0 Å². The first-order valence-corrected chi connectivity index (χ1v) is 11.5. The van der Waals surface area contributed by atoms with Gasteiger partial charge in [-0.05, 0) is 50.8 Å². The molecule has 0 bridgehead atoms. The van der Waals surface area contributed by atoms with Gasteiger partial charge in [0.1, 0.15) is 5.52 Å². The average molecular weight is 424 g/mol. The summed E-state index contributed by atoms with van der Waals surface area (Å²) in [5, 5.41) is 9.14. The number of nitrogens with one attached hydrogen (secondary N) is 1. The fourth-order valence-electron chi connectivity index (χ4n) is 4.78.